The molecule has 1 fully saturated rings. The molecule has 1 saturated carbocycles. The van der Waals surface area contributed by atoms with Gasteiger partial charge in [0, 0.05) is 12.2 Å². The van der Waals surface area contributed by atoms with Gasteiger partial charge < -0.3 is 10.0 Å². The highest BCUT2D eigenvalue weighted by atomic mass is 16.4. The second kappa shape index (κ2) is 5.72. The van der Waals surface area contributed by atoms with E-state index in [0.717, 1.165) is 49.8 Å². The topological polar surface area (TPSA) is 77.2 Å². The van der Waals surface area contributed by atoms with Crippen LogP contribution in [0.3, 0.4) is 0 Å². The highest BCUT2D eigenvalue weighted by molar-refractivity contribution is 5.74. The molecule has 0 amide bonds. The van der Waals surface area contributed by atoms with E-state index in [2.05, 4.69) is 11.1 Å². The van der Waals surface area contributed by atoms with Crippen LogP contribution in [0.1, 0.15) is 42.5 Å². The number of carbonyl (C=O) groups is 1. The van der Waals surface area contributed by atoms with E-state index < -0.39 is 5.97 Å². The lowest BCUT2D eigenvalue weighted by Crippen LogP contribution is -2.33. The fraction of sp³-hybridized carbons (Fsp3) is 0.562. The van der Waals surface area contributed by atoms with Gasteiger partial charge in [0.25, 0.3) is 0 Å². The average molecular weight is 285 g/mol. The van der Waals surface area contributed by atoms with Crippen molar-refractivity contribution in [3.05, 3.63) is 22.9 Å². The van der Waals surface area contributed by atoms with E-state index in [1.165, 1.54) is 0 Å². The molecule has 3 rings (SSSR count). The summed E-state index contributed by atoms with van der Waals surface area (Å²) in [7, 11) is 0. The lowest BCUT2D eigenvalue weighted by atomic mass is 9.95. The van der Waals surface area contributed by atoms with Gasteiger partial charge in [-0.3, -0.25) is 4.79 Å². The second-order valence-electron chi connectivity index (χ2n) is 6.00. The van der Waals surface area contributed by atoms with Crippen LogP contribution < -0.4 is 4.90 Å². The number of aromatic nitrogens is 1. The fourth-order valence-electron chi connectivity index (χ4n) is 2.95. The van der Waals surface area contributed by atoms with Gasteiger partial charge in [-0.1, -0.05) is 0 Å². The molecule has 1 heterocycles. The number of fused-ring (bicyclic) bond motifs is 1. The Morgan fingerprint density at radius 3 is 2.86 bits per heavy atom. The van der Waals surface area contributed by atoms with Crippen LogP contribution >= 0.6 is 0 Å². The number of aliphatic carboxylic acids is 1. The summed E-state index contributed by atoms with van der Waals surface area (Å²) in [4.78, 5) is 17.6. The molecule has 1 aromatic heterocycles. The van der Waals surface area contributed by atoms with Crippen LogP contribution in [-0.2, 0) is 17.6 Å². The average Bonchev–Trinajstić information content (AvgIpc) is 3.28. The Bertz CT molecular complexity index is 602. The molecule has 0 radical (unpaired) electrons. The number of pyridine rings is 1. The summed E-state index contributed by atoms with van der Waals surface area (Å²) in [6.45, 7) is 0.601. The third-order valence-electron chi connectivity index (χ3n) is 4.20. The first-order valence-electron chi connectivity index (χ1n) is 7.57. The number of hydrogen-bond acceptors (Lipinski definition) is 4. The van der Waals surface area contributed by atoms with Crippen LogP contribution in [0.4, 0.5) is 5.82 Å². The van der Waals surface area contributed by atoms with Crippen LogP contribution in [0, 0.1) is 17.2 Å². The zero-order chi connectivity index (χ0) is 14.8. The van der Waals surface area contributed by atoms with Crippen LogP contribution in [-0.4, -0.2) is 29.1 Å². The normalized spacial score (nSPS) is 16.9. The molecule has 0 unspecified atom stereocenters. The van der Waals surface area contributed by atoms with Gasteiger partial charge in [-0.05, 0) is 56.1 Å². The van der Waals surface area contributed by atoms with Gasteiger partial charge in [0.1, 0.15) is 18.4 Å². The van der Waals surface area contributed by atoms with Gasteiger partial charge in [0.15, 0.2) is 0 Å². The van der Waals surface area contributed by atoms with Crippen molar-refractivity contribution in [2.24, 2.45) is 5.92 Å². The molecule has 110 valence electrons. The van der Waals surface area contributed by atoms with E-state index in [9.17, 15) is 10.1 Å². The summed E-state index contributed by atoms with van der Waals surface area (Å²) in [5.41, 5.74) is 2.71. The Morgan fingerprint density at radius 1 is 1.43 bits per heavy atom. The molecule has 0 saturated heterocycles. The van der Waals surface area contributed by atoms with E-state index in [-0.39, 0.29) is 6.54 Å². The molecular weight excluding hydrogens is 266 g/mol. The largest absolute Gasteiger partial charge is 0.480 e. The maximum atomic E-state index is 11.1. The Hall–Kier alpha value is -2.09. The number of nitrogens with zero attached hydrogens (tertiary/aromatic N) is 3. The maximum Gasteiger partial charge on any atom is 0.323 e. The quantitative estimate of drug-likeness (QED) is 0.896. The Kier molecular flexibility index (Phi) is 3.78. The molecule has 0 aromatic carbocycles. The highest BCUT2D eigenvalue weighted by Crippen LogP contribution is 2.33. The van der Waals surface area contributed by atoms with Gasteiger partial charge in [0.2, 0.25) is 0 Å². The molecule has 1 N–H and O–H groups in total. The number of carboxylic acid groups (broad SMARTS) is 1. The zero-order valence-electron chi connectivity index (χ0n) is 12.0. The number of aryl methyl sites for hydroxylation is 2. The van der Waals surface area contributed by atoms with Crippen molar-refractivity contribution in [3.8, 4) is 6.07 Å². The van der Waals surface area contributed by atoms with E-state index >= 15 is 0 Å². The maximum absolute atomic E-state index is 11.1. The summed E-state index contributed by atoms with van der Waals surface area (Å²) >= 11 is 0. The molecule has 21 heavy (non-hydrogen) atoms. The third kappa shape index (κ3) is 3.15. The second-order valence-corrected chi connectivity index (χ2v) is 6.00. The van der Waals surface area contributed by atoms with E-state index in [0.29, 0.717) is 23.8 Å². The highest BCUT2D eigenvalue weighted by Gasteiger charge is 2.28. The van der Waals surface area contributed by atoms with Crippen molar-refractivity contribution in [2.75, 3.05) is 18.0 Å². The molecule has 0 aliphatic heterocycles. The molecule has 0 atom stereocenters. The van der Waals surface area contributed by atoms with Crippen LogP contribution in [0.15, 0.2) is 6.07 Å². The standard InChI is InChI=1S/C16H19N3O2/c17-8-13-7-12-3-1-2-4-14(12)18-16(13)19(10-15(20)21)9-11-5-6-11/h7,11H,1-6,9-10H2,(H,20,21). The molecular formula is C16H19N3O2. The molecule has 0 spiro atoms. The molecule has 2 aliphatic carbocycles. The number of nitriles is 1. The molecule has 0 bridgehead atoms. The minimum atomic E-state index is -0.876. The zero-order valence-corrected chi connectivity index (χ0v) is 12.0. The summed E-state index contributed by atoms with van der Waals surface area (Å²) < 4.78 is 0. The van der Waals surface area contributed by atoms with Gasteiger partial charge in [0.05, 0.1) is 5.56 Å². The van der Waals surface area contributed by atoms with E-state index in [1.54, 1.807) is 4.90 Å². The molecule has 1 aromatic rings. The summed E-state index contributed by atoms with van der Waals surface area (Å²) in [5.74, 6) is 0.236. The van der Waals surface area contributed by atoms with Crippen molar-refractivity contribution < 1.29 is 9.90 Å². The van der Waals surface area contributed by atoms with Crippen molar-refractivity contribution >= 4 is 11.8 Å². The number of rotatable bonds is 5. The van der Waals surface area contributed by atoms with Crippen molar-refractivity contribution in [1.82, 2.24) is 4.98 Å². The van der Waals surface area contributed by atoms with Crippen LogP contribution in [0.2, 0.25) is 0 Å². The molecule has 2 aliphatic rings. The first kappa shape index (κ1) is 13.9. The van der Waals surface area contributed by atoms with Crippen molar-refractivity contribution in [2.45, 2.75) is 38.5 Å². The lowest BCUT2D eigenvalue weighted by Gasteiger charge is -2.25. The van der Waals surface area contributed by atoms with Crippen LogP contribution in [0.5, 0.6) is 0 Å². The summed E-state index contributed by atoms with van der Waals surface area (Å²) in [6.07, 6.45) is 6.44. The van der Waals surface area contributed by atoms with Crippen molar-refractivity contribution in [1.29, 1.82) is 5.26 Å². The number of carboxylic acids is 1. The lowest BCUT2D eigenvalue weighted by molar-refractivity contribution is -0.135. The predicted octanol–water partition coefficient (Wildman–Crippen LogP) is 2.13. The van der Waals surface area contributed by atoms with Crippen LogP contribution in [0.25, 0.3) is 0 Å². The minimum Gasteiger partial charge on any atom is -0.480 e. The predicted molar refractivity (Wildman–Crippen MR) is 78.2 cm³/mol. The van der Waals surface area contributed by atoms with Gasteiger partial charge >= 0.3 is 5.97 Å². The monoisotopic (exact) mass is 285 g/mol. The Morgan fingerprint density at radius 2 is 2.19 bits per heavy atom. The summed E-state index contributed by atoms with van der Waals surface area (Å²) in [6, 6.07) is 4.11. The Labute approximate surface area is 124 Å². The molecule has 5 nitrogen and oxygen atoms in total. The number of anilines is 1. The van der Waals surface area contributed by atoms with Gasteiger partial charge in [-0.15, -0.1) is 0 Å². The van der Waals surface area contributed by atoms with Crippen molar-refractivity contribution in [3.63, 3.8) is 0 Å². The minimum absolute atomic E-state index is 0.0863. The first-order valence-corrected chi connectivity index (χ1v) is 7.57. The molecule has 5 heteroatoms. The Balaban J connectivity index is 1.96. The van der Waals surface area contributed by atoms with Gasteiger partial charge in [-0.25, -0.2) is 4.98 Å². The SMILES string of the molecule is N#Cc1cc2c(nc1N(CC(=O)O)CC1CC1)CCCC2. The summed E-state index contributed by atoms with van der Waals surface area (Å²) in [5, 5.41) is 18.5. The van der Waals surface area contributed by atoms with E-state index in [1.807, 2.05) is 6.07 Å². The first-order chi connectivity index (χ1) is 10.2. The smallest absolute Gasteiger partial charge is 0.323 e. The fourth-order valence-corrected chi connectivity index (χ4v) is 2.95. The van der Waals surface area contributed by atoms with E-state index in [4.69, 9.17) is 5.11 Å². The third-order valence-corrected chi connectivity index (χ3v) is 4.20. The van der Waals surface area contributed by atoms with Gasteiger partial charge in [-0.2, -0.15) is 5.26 Å². The number of hydrogen-bond donors (Lipinski definition) is 1.